The Hall–Kier alpha value is 0.01000. The summed E-state index contributed by atoms with van der Waals surface area (Å²) in [5, 5.41) is 0. The molecule has 1 aromatic carbocycles. The summed E-state index contributed by atoms with van der Waals surface area (Å²) >= 11 is 0. The number of hydrogen-bond acceptors (Lipinski definition) is 0. The van der Waals surface area contributed by atoms with Gasteiger partial charge in [-0.1, -0.05) is 12.1 Å². The summed E-state index contributed by atoms with van der Waals surface area (Å²) in [5.41, 5.74) is -0.657. The zero-order chi connectivity index (χ0) is 7.61. The van der Waals surface area contributed by atoms with Crippen molar-refractivity contribution < 1.29 is 13.2 Å². The third-order valence-electron chi connectivity index (χ3n) is 1.03. The van der Waals surface area contributed by atoms with Crippen molar-refractivity contribution >= 4 is 29.6 Å². The number of alkyl halides is 3. The van der Waals surface area contributed by atoms with Crippen LogP contribution in [-0.4, -0.2) is 29.6 Å². The molecule has 0 atom stereocenters. The molecule has 0 aliphatic carbocycles. The molecular formula is C7H5F3Na. The Kier molecular flexibility index (Phi) is 4.14. The van der Waals surface area contributed by atoms with Crippen LogP contribution in [0.15, 0.2) is 24.3 Å². The standard InChI is InChI=1S/C7H4F3.Na.H/c8-7(9,10)6-4-2-1-3-5-6;;/h1-2,4-5H;;. The van der Waals surface area contributed by atoms with Crippen LogP contribution in [0.25, 0.3) is 0 Å². The Balaban J connectivity index is 0.000001000. The third-order valence-corrected chi connectivity index (χ3v) is 1.03. The van der Waals surface area contributed by atoms with Crippen molar-refractivity contribution in [3.05, 3.63) is 35.9 Å². The molecule has 1 aromatic rings. The van der Waals surface area contributed by atoms with Crippen molar-refractivity contribution in [1.82, 2.24) is 0 Å². The Labute approximate surface area is 84.7 Å². The molecule has 0 amide bonds. The molecule has 0 unspecified atom stereocenters. The predicted octanol–water partition coefficient (Wildman–Crippen LogP) is 1.86. The van der Waals surface area contributed by atoms with E-state index in [2.05, 4.69) is 6.07 Å². The summed E-state index contributed by atoms with van der Waals surface area (Å²) in [7, 11) is 0. The topological polar surface area (TPSA) is 0 Å². The first kappa shape index (κ1) is 11.0. The van der Waals surface area contributed by atoms with E-state index in [1.54, 1.807) is 0 Å². The van der Waals surface area contributed by atoms with Gasteiger partial charge in [0.25, 0.3) is 0 Å². The van der Waals surface area contributed by atoms with Gasteiger partial charge in [0.2, 0.25) is 0 Å². The van der Waals surface area contributed by atoms with E-state index in [0.29, 0.717) is 0 Å². The summed E-state index contributed by atoms with van der Waals surface area (Å²) < 4.78 is 35.3. The van der Waals surface area contributed by atoms with Crippen LogP contribution in [0.2, 0.25) is 0 Å². The van der Waals surface area contributed by atoms with Gasteiger partial charge in [0.1, 0.15) is 0 Å². The fraction of sp³-hybridized carbons (Fsp3) is 0.143. The van der Waals surface area contributed by atoms with Gasteiger partial charge in [-0.3, -0.25) is 0 Å². The molecule has 0 bridgehead atoms. The van der Waals surface area contributed by atoms with Crippen LogP contribution in [0.4, 0.5) is 13.2 Å². The van der Waals surface area contributed by atoms with Crippen LogP contribution >= 0.6 is 0 Å². The van der Waals surface area contributed by atoms with Gasteiger partial charge in [0.05, 0.1) is 5.56 Å². The van der Waals surface area contributed by atoms with Crippen molar-refractivity contribution in [2.75, 3.05) is 0 Å². The molecule has 0 aromatic heterocycles. The number of hydrogen-bond donors (Lipinski definition) is 0. The van der Waals surface area contributed by atoms with Crippen molar-refractivity contribution in [3.8, 4) is 0 Å². The fourth-order valence-corrected chi connectivity index (χ4v) is 0.570. The van der Waals surface area contributed by atoms with Gasteiger partial charge in [-0.2, -0.15) is 13.2 Å². The Morgan fingerprint density at radius 2 is 1.91 bits per heavy atom. The SMILES string of the molecule is FC(F)(F)c1c[c]ccc1.[NaH]. The number of halogens is 3. The molecule has 0 heterocycles. The van der Waals surface area contributed by atoms with Gasteiger partial charge in [0.15, 0.2) is 0 Å². The molecule has 0 saturated heterocycles. The first-order chi connectivity index (χ1) is 4.61. The first-order valence-electron chi connectivity index (χ1n) is 2.64. The number of benzene rings is 1. The second-order valence-corrected chi connectivity index (χ2v) is 1.79. The average Bonchev–Trinajstić information content (AvgIpc) is 1.88. The maximum atomic E-state index is 11.8. The molecule has 1 rings (SSSR count). The number of rotatable bonds is 0. The van der Waals surface area contributed by atoms with Gasteiger partial charge < -0.3 is 0 Å². The molecule has 55 valence electrons. The van der Waals surface area contributed by atoms with E-state index in [4.69, 9.17) is 0 Å². The summed E-state index contributed by atoms with van der Waals surface area (Å²) in [4.78, 5) is 0. The van der Waals surface area contributed by atoms with E-state index in [-0.39, 0.29) is 29.6 Å². The molecule has 0 N–H and O–H groups in total. The average molecular weight is 169 g/mol. The summed E-state index contributed by atoms with van der Waals surface area (Å²) in [6, 6.07) is 7.01. The van der Waals surface area contributed by atoms with E-state index < -0.39 is 11.7 Å². The summed E-state index contributed by atoms with van der Waals surface area (Å²) in [6.45, 7) is 0. The van der Waals surface area contributed by atoms with Gasteiger partial charge in [0, 0.05) is 0 Å². The monoisotopic (exact) mass is 169 g/mol. The van der Waals surface area contributed by atoms with Gasteiger partial charge in [-0.25, -0.2) is 0 Å². The summed E-state index contributed by atoms with van der Waals surface area (Å²) in [5.74, 6) is 0. The van der Waals surface area contributed by atoms with E-state index in [9.17, 15) is 13.2 Å². The van der Waals surface area contributed by atoms with E-state index in [1.165, 1.54) is 12.1 Å². The predicted molar refractivity (Wildman–Crippen MR) is 37.4 cm³/mol. The van der Waals surface area contributed by atoms with Gasteiger partial charge in [-0.15, -0.1) is 0 Å². The van der Waals surface area contributed by atoms with Crippen LogP contribution < -0.4 is 0 Å². The second-order valence-electron chi connectivity index (χ2n) is 1.79. The quantitative estimate of drug-likeness (QED) is 0.520. The second kappa shape index (κ2) is 4.14. The molecule has 0 aliphatic rings. The van der Waals surface area contributed by atoms with Gasteiger partial charge >= 0.3 is 35.7 Å². The Morgan fingerprint density at radius 3 is 2.18 bits per heavy atom. The van der Waals surface area contributed by atoms with Crippen LogP contribution in [0.3, 0.4) is 0 Å². The molecular weight excluding hydrogens is 164 g/mol. The van der Waals surface area contributed by atoms with E-state index in [1.807, 2.05) is 0 Å². The fourth-order valence-electron chi connectivity index (χ4n) is 0.570. The van der Waals surface area contributed by atoms with Crippen LogP contribution in [0.1, 0.15) is 5.56 Å². The zero-order valence-electron chi connectivity index (χ0n) is 4.94. The third kappa shape index (κ3) is 3.27. The Morgan fingerprint density at radius 1 is 1.27 bits per heavy atom. The Bertz CT molecular complexity index is 205. The first-order valence-corrected chi connectivity index (χ1v) is 2.64. The minimum absolute atomic E-state index is 0. The van der Waals surface area contributed by atoms with E-state index in [0.717, 1.165) is 12.1 Å². The molecule has 4 heteroatoms. The molecule has 11 heavy (non-hydrogen) atoms. The van der Waals surface area contributed by atoms with Crippen LogP contribution in [0.5, 0.6) is 0 Å². The maximum absolute atomic E-state index is 11.8. The van der Waals surface area contributed by atoms with Crippen molar-refractivity contribution in [3.63, 3.8) is 0 Å². The minimum atomic E-state index is -4.24. The summed E-state index contributed by atoms with van der Waals surface area (Å²) in [6.07, 6.45) is -4.24. The molecule has 0 saturated carbocycles. The van der Waals surface area contributed by atoms with Crippen molar-refractivity contribution in [2.45, 2.75) is 6.18 Å². The van der Waals surface area contributed by atoms with Crippen LogP contribution in [-0.2, 0) is 6.18 Å². The van der Waals surface area contributed by atoms with E-state index >= 15 is 0 Å². The molecule has 0 aliphatic heterocycles. The van der Waals surface area contributed by atoms with Crippen molar-refractivity contribution in [1.29, 1.82) is 0 Å². The van der Waals surface area contributed by atoms with Gasteiger partial charge in [-0.05, 0) is 18.2 Å². The molecule has 0 spiro atoms. The molecule has 0 nitrogen and oxygen atoms in total. The zero-order valence-corrected chi connectivity index (χ0v) is 4.94. The normalized spacial score (nSPS) is 10.5. The molecule has 0 fully saturated rings. The van der Waals surface area contributed by atoms with Crippen molar-refractivity contribution in [2.24, 2.45) is 0 Å². The molecule has 1 radical (unpaired) electrons. The van der Waals surface area contributed by atoms with Crippen LogP contribution in [0, 0.1) is 6.07 Å².